The highest BCUT2D eigenvalue weighted by atomic mass is 16.5. The second-order valence-corrected chi connectivity index (χ2v) is 5.26. The molecule has 1 aromatic heterocycles. The van der Waals surface area contributed by atoms with Gasteiger partial charge in [0.2, 0.25) is 0 Å². The third-order valence-corrected chi connectivity index (χ3v) is 4.00. The number of rotatable bonds is 6. The molecule has 5 nitrogen and oxygen atoms in total. The van der Waals surface area contributed by atoms with Crippen LogP contribution in [0.1, 0.15) is 25.8 Å². The second-order valence-electron chi connectivity index (χ2n) is 5.26. The Hall–Kier alpha value is -1.64. The van der Waals surface area contributed by atoms with E-state index in [1.54, 1.807) is 12.3 Å². The third kappa shape index (κ3) is 4.16. The zero-order chi connectivity index (χ0) is 15.1. The summed E-state index contributed by atoms with van der Waals surface area (Å²) in [5, 5.41) is 9.00. The first-order chi connectivity index (χ1) is 10.3. The molecule has 1 atom stereocenters. The number of ether oxygens (including phenoxy) is 1. The molecule has 21 heavy (non-hydrogen) atoms. The van der Waals surface area contributed by atoms with Crippen LogP contribution in [0.5, 0.6) is 0 Å². The van der Waals surface area contributed by atoms with Gasteiger partial charge in [-0.15, -0.1) is 0 Å². The molecule has 0 spiro atoms. The molecule has 1 saturated heterocycles. The molecule has 0 radical (unpaired) electrons. The van der Waals surface area contributed by atoms with E-state index in [0.29, 0.717) is 11.6 Å². The molecule has 0 unspecified atom stereocenters. The van der Waals surface area contributed by atoms with E-state index in [0.717, 1.165) is 51.6 Å². The van der Waals surface area contributed by atoms with Crippen molar-refractivity contribution < 1.29 is 4.74 Å². The van der Waals surface area contributed by atoms with Gasteiger partial charge in [-0.3, -0.25) is 4.90 Å². The van der Waals surface area contributed by atoms with Crippen molar-refractivity contribution >= 4 is 5.82 Å². The van der Waals surface area contributed by atoms with E-state index in [-0.39, 0.29) is 0 Å². The summed E-state index contributed by atoms with van der Waals surface area (Å²) in [5.41, 5.74) is 0.673. The summed E-state index contributed by atoms with van der Waals surface area (Å²) in [6, 6.07) is 6.33. The highest BCUT2D eigenvalue weighted by Gasteiger charge is 2.26. The average Bonchev–Trinajstić information content (AvgIpc) is 2.55. The molecule has 1 aliphatic rings. The summed E-state index contributed by atoms with van der Waals surface area (Å²) in [6.07, 6.45) is 2.83. The van der Waals surface area contributed by atoms with Crippen molar-refractivity contribution in [3.8, 4) is 6.07 Å². The van der Waals surface area contributed by atoms with Crippen LogP contribution in [0, 0.1) is 11.3 Å². The smallest absolute Gasteiger partial charge is 0.129 e. The van der Waals surface area contributed by atoms with Crippen molar-refractivity contribution in [1.29, 1.82) is 5.26 Å². The van der Waals surface area contributed by atoms with Gasteiger partial charge in [0.05, 0.1) is 18.2 Å². The minimum absolute atomic E-state index is 0.520. The number of aromatic nitrogens is 1. The number of anilines is 1. The lowest BCUT2D eigenvalue weighted by atomic mass is 10.1. The zero-order valence-electron chi connectivity index (χ0n) is 13.0. The quantitative estimate of drug-likeness (QED) is 0.748. The van der Waals surface area contributed by atoms with Gasteiger partial charge in [0.15, 0.2) is 0 Å². The van der Waals surface area contributed by atoms with Crippen LogP contribution in [0.4, 0.5) is 5.82 Å². The molecule has 0 N–H and O–H groups in total. The molecule has 0 amide bonds. The van der Waals surface area contributed by atoms with Crippen LogP contribution in [-0.2, 0) is 4.74 Å². The Morgan fingerprint density at radius 2 is 2.29 bits per heavy atom. The molecule has 1 fully saturated rings. The van der Waals surface area contributed by atoms with Crippen LogP contribution < -0.4 is 4.90 Å². The van der Waals surface area contributed by atoms with Gasteiger partial charge < -0.3 is 9.64 Å². The Bertz CT molecular complexity index is 485. The summed E-state index contributed by atoms with van der Waals surface area (Å²) in [4.78, 5) is 9.20. The number of nitriles is 1. The minimum Gasteiger partial charge on any atom is -0.380 e. The molecule has 0 aliphatic carbocycles. The maximum Gasteiger partial charge on any atom is 0.129 e. The molecular weight excluding hydrogens is 264 g/mol. The highest BCUT2D eigenvalue weighted by molar-refractivity contribution is 5.45. The summed E-state index contributed by atoms with van der Waals surface area (Å²) in [5.74, 6) is 0.914. The lowest BCUT2D eigenvalue weighted by Gasteiger charge is -2.41. The Balaban J connectivity index is 1.98. The molecule has 5 heteroatoms. The van der Waals surface area contributed by atoms with E-state index in [1.165, 1.54) is 0 Å². The lowest BCUT2D eigenvalue weighted by Crippen LogP contribution is -2.54. The van der Waals surface area contributed by atoms with E-state index in [4.69, 9.17) is 10.00 Å². The number of hydrogen-bond acceptors (Lipinski definition) is 5. The number of pyridine rings is 1. The minimum atomic E-state index is 0.520. The standard InChI is InChI=1S/C16H24N4O/c1-3-15-13-20(8-7-19(15)9-10-21-4-2)16-11-14(12-17)5-6-18-16/h5-6,11,15H,3-4,7-10,13H2,1-2H3/t15-/m1/s1. The molecule has 1 aliphatic heterocycles. The van der Waals surface area contributed by atoms with E-state index in [1.807, 2.05) is 13.0 Å². The number of piperazine rings is 1. The summed E-state index contributed by atoms with van der Waals surface area (Å²) in [6.45, 7) is 9.76. The van der Waals surface area contributed by atoms with Gasteiger partial charge in [0, 0.05) is 45.0 Å². The Labute approximate surface area is 127 Å². The molecule has 2 rings (SSSR count). The number of nitrogens with zero attached hydrogens (tertiary/aromatic N) is 4. The largest absolute Gasteiger partial charge is 0.380 e. The molecule has 0 aromatic carbocycles. The SMILES string of the molecule is CCOCCN1CCN(c2cc(C#N)ccn2)C[C@H]1CC. The van der Waals surface area contributed by atoms with Crippen LogP contribution >= 0.6 is 0 Å². The highest BCUT2D eigenvalue weighted by Crippen LogP contribution is 2.19. The molecular formula is C16H24N4O. The van der Waals surface area contributed by atoms with Crippen molar-refractivity contribution in [2.75, 3.05) is 44.3 Å². The normalized spacial score (nSPS) is 19.5. The van der Waals surface area contributed by atoms with Crippen molar-refractivity contribution in [3.05, 3.63) is 23.9 Å². The molecule has 1 aromatic rings. The van der Waals surface area contributed by atoms with E-state index < -0.39 is 0 Å². The van der Waals surface area contributed by atoms with Gasteiger partial charge in [0.25, 0.3) is 0 Å². The number of hydrogen-bond donors (Lipinski definition) is 0. The topological polar surface area (TPSA) is 52.4 Å². The van der Waals surface area contributed by atoms with Crippen LogP contribution in [-0.4, -0.2) is 55.3 Å². The molecule has 0 saturated carbocycles. The van der Waals surface area contributed by atoms with Crippen molar-refractivity contribution in [2.24, 2.45) is 0 Å². The average molecular weight is 288 g/mol. The Morgan fingerprint density at radius 1 is 1.43 bits per heavy atom. The van der Waals surface area contributed by atoms with Crippen molar-refractivity contribution in [3.63, 3.8) is 0 Å². The predicted molar refractivity (Wildman–Crippen MR) is 83.3 cm³/mol. The zero-order valence-corrected chi connectivity index (χ0v) is 13.0. The maximum atomic E-state index is 9.00. The maximum absolute atomic E-state index is 9.00. The van der Waals surface area contributed by atoms with E-state index >= 15 is 0 Å². The van der Waals surface area contributed by atoms with E-state index in [2.05, 4.69) is 27.8 Å². The fourth-order valence-electron chi connectivity index (χ4n) is 2.77. The Kier molecular flexibility index (Phi) is 5.97. The monoisotopic (exact) mass is 288 g/mol. The van der Waals surface area contributed by atoms with Crippen LogP contribution in [0.2, 0.25) is 0 Å². The predicted octanol–water partition coefficient (Wildman–Crippen LogP) is 1.89. The fourth-order valence-corrected chi connectivity index (χ4v) is 2.77. The van der Waals surface area contributed by atoms with Gasteiger partial charge in [-0.05, 0) is 25.5 Å². The first-order valence-corrected chi connectivity index (χ1v) is 7.71. The van der Waals surface area contributed by atoms with Crippen LogP contribution in [0.3, 0.4) is 0 Å². The van der Waals surface area contributed by atoms with Gasteiger partial charge in [-0.2, -0.15) is 5.26 Å². The first-order valence-electron chi connectivity index (χ1n) is 7.71. The first kappa shape index (κ1) is 15.7. The fraction of sp³-hybridized carbons (Fsp3) is 0.625. The van der Waals surface area contributed by atoms with Crippen LogP contribution in [0.15, 0.2) is 18.3 Å². The van der Waals surface area contributed by atoms with Crippen molar-refractivity contribution in [1.82, 2.24) is 9.88 Å². The summed E-state index contributed by atoms with van der Waals surface area (Å²) in [7, 11) is 0. The molecule has 114 valence electrons. The molecule has 2 heterocycles. The third-order valence-electron chi connectivity index (χ3n) is 4.00. The van der Waals surface area contributed by atoms with Gasteiger partial charge >= 0.3 is 0 Å². The van der Waals surface area contributed by atoms with E-state index in [9.17, 15) is 0 Å². The summed E-state index contributed by atoms with van der Waals surface area (Å²) >= 11 is 0. The van der Waals surface area contributed by atoms with Crippen molar-refractivity contribution in [2.45, 2.75) is 26.3 Å². The van der Waals surface area contributed by atoms with Gasteiger partial charge in [-0.25, -0.2) is 4.98 Å². The van der Waals surface area contributed by atoms with Gasteiger partial charge in [-0.1, -0.05) is 6.92 Å². The second kappa shape index (κ2) is 7.96. The Morgan fingerprint density at radius 3 is 3.00 bits per heavy atom. The summed E-state index contributed by atoms with van der Waals surface area (Å²) < 4.78 is 5.47. The van der Waals surface area contributed by atoms with Gasteiger partial charge in [0.1, 0.15) is 5.82 Å². The molecule has 0 bridgehead atoms. The van der Waals surface area contributed by atoms with Crippen LogP contribution in [0.25, 0.3) is 0 Å². The lowest BCUT2D eigenvalue weighted by molar-refractivity contribution is 0.0869.